The fraction of sp³-hybridized carbons (Fsp3) is 0.320. The van der Waals surface area contributed by atoms with E-state index >= 15 is 0 Å². The van der Waals surface area contributed by atoms with Gasteiger partial charge in [0.2, 0.25) is 5.91 Å². The number of aromatic nitrogens is 3. The van der Waals surface area contributed by atoms with Crippen molar-refractivity contribution >= 4 is 47.3 Å². The SMILES string of the molecule is CC(CS(=O)(=O)Cc1cc[nH]n1)C(=O)N([C@H](N)[C@@H](C)Cc1ccccc1)S(=O)(=O)c1ccc2ncsc2c1. The van der Waals surface area contributed by atoms with E-state index < -0.39 is 49.5 Å². The van der Waals surface area contributed by atoms with Crippen LogP contribution in [0.1, 0.15) is 25.1 Å². The third kappa shape index (κ3) is 6.29. The Bertz CT molecular complexity index is 1600. The Labute approximate surface area is 225 Å². The Hall–Kier alpha value is -3.13. The Morgan fingerprint density at radius 3 is 2.50 bits per heavy atom. The fourth-order valence-electron chi connectivity index (χ4n) is 4.20. The van der Waals surface area contributed by atoms with E-state index in [9.17, 15) is 21.6 Å². The lowest BCUT2D eigenvalue weighted by atomic mass is 9.98. The molecule has 3 atom stereocenters. The second-order valence-electron chi connectivity index (χ2n) is 9.30. The summed E-state index contributed by atoms with van der Waals surface area (Å²) in [6.07, 6.45) is 0.684. The predicted molar refractivity (Wildman–Crippen MR) is 146 cm³/mol. The number of sulfonamides is 1. The summed E-state index contributed by atoms with van der Waals surface area (Å²) in [6, 6.07) is 15.3. The summed E-state index contributed by atoms with van der Waals surface area (Å²) in [5, 5.41) is 6.41. The third-order valence-electron chi connectivity index (χ3n) is 6.18. The molecule has 1 unspecified atom stereocenters. The van der Waals surface area contributed by atoms with Crippen molar-refractivity contribution < 1.29 is 21.6 Å². The van der Waals surface area contributed by atoms with E-state index in [-0.39, 0.29) is 10.6 Å². The highest BCUT2D eigenvalue weighted by atomic mass is 32.2. The highest BCUT2D eigenvalue weighted by Crippen LogP contribution is 2.28. The van der Waals surface area contributed by atoms with Crippen molar-refractivity contribution in [1.29, 1.82) is 0 Å². The Kier molecular flexibility index (Phi) is 8.31. The van der Waals surface area contributed by atoms with Crippen molar-refractivity contribution in [3.8, 4) is 0 Å². The summed E-state index contributed by atoms with van der Waals surface area (Å²) in [4.78, 5) is 17.8. The van der Waals surface area contributed by atoms with Crippen molar-refractivity contribution in [2.45, 2.75) is 37.1 Å². The van der Waals surface area contributed by atoms with Crippen LogP contribution in [0.15, 0.2) is 71.2 Å². The number of rotatable bonds is 11. The first-order chi connectivity index (χ1) is 18.0. The van der Waals surface area contributed by atoms with E-state index in [4.69, 9.17) is 5.73 Å². The molecule has 0 aliphatic heterocycles. The predicted octanol–water partition coefficient (Wildman–Crippen LogP) is 2.95. The molecule has 2 aromatic heterocycles. The number of nitrogens with two attached hydrogens (primary N) is 1. The number of thiazole rings is 1. The summed E-state index contributed by atoms with van der Waals surface area (Å²) < 4.78 is 54.7. The van der Waals surface area contributed by atoms with E-state index in [1.54, 1.807) is 18.5 Å². The van der Waals surface area contributed by atoms with Gasteiger partial charge in [-0.15, -0.1) is 11.3 Å². The van der Waals surface area contributed by atoms with Crippen molar-refractivity contribution in [1.82, 2.24) is 19.5 Å². The zero-order valence-corrected chi connectivity index (χ0v) is 23.3. The highest BCUT2D eigenvalue weighted by molar-refractivity contribution is 7.90. The summed E-state index contributed by atoms with van der Waals surface area (Å²) >= 11 is 1.27. The molecule has 13 heteroatoms. The smallest absolute Gasteiger partial charge is 0.267 e. The molecular formula is C25H29N5O5S3. The van der Waals surface area contributed by atoms with Gasteiger partial charge < -0.3 is 5.73 Å². The maximum absolute atomic E-state index is 13.9. The van der Waals surface area contributed by atoms with Gasteiger partial charge in [0.1, 0.15) is 0 Å². The van der Waals surface area contributed by atoms with Crippen molar-refractivity contribution in [2.24, 2.45) is 17.6 Å². The molecule has 2 aromatic carbocycles. The summed E-state index contributed by atoms with van der Waals surface area (Å²) in [5.74, 6) is -3.45. The van der Waals surface area contributed by atoms with Gasteiger partial charge in [-0.05, 0) is 42.2 Å². The lowest BCUT2D eigenvalue weighted by Crippen LogP contribution is -2.54. The lowest BCUT2D eigenvalue weighted by Gasteiger charge is -2.34. The van der Waals surface area contributed by atoms with Gasteiger partial charge in [0.15, 0.2) is 9.84 Å². The van der Waals surface area contributed by atoms with Crippen LogP contribution in [0.2, 0.25) is 0 Å². The third-order valence-corrected chi connectivity index (χ3v) is 10.5. The van der Waals surface area contributed by atoms with Gasteiger partial charge in [-0.2, -0.15) is 5.10 Å². The standard InChI is InChI=1S/C25H29N5O5S3/c1-17(12-19-6-4-3-5-7-19)24(26)30(38(34,35)21-8-9-22-23(13-21)36-16-27-22)25(31)18(2)14-37(32,33)15-20-10-11-28-29-20/h3-11,13,16-18,24H,12,14-15,26H2,1-2H3,(H,28,29)/t17-,18?,24-/m0/s1. The van der Waals surface area contributed by atoms with Gasteiger partial charge >= 0.3 is 0 Å². The molecule has 1 amide bonds. The van der Waals surface area contributed by atoms with Gasteiger partial charge in [-0.25, -0.2) is 26.1 Å². The normalized spacial score (nSPS) is 14.7. The first kappa shape index (κ1) is 27.9. The molecule has 2 heterocycles. The van der Waals surface area contributed by atoms with E-state index in [1.807, 2.05) is 30.3 Å². The number of carbonyl (C=O) groups excluding carboxylic acids is 1. The number of fused-ring (bicyclic) bond motifs is 1. The molecule has 0 bridgehead atoms. The molecule has 0 saturated heterocycles. The van der Waals surface area contributed by atoms with Gasteiger partial charge in [0, 0.05) is 6.20 Å². The van der Waals surface area contributed by atoms with Crippen molar-refractivity contribution in [3.05, 3.63) is 77.6 Å². The van der Waals surface area contributed by atoms with E-state index in [1.165, 1.54) is 42.7 Å². The quantitative estimate of drug-likeness (QED) is 0.259. The summed E-state index contributed by atoms with van der Waals surface area (Å²) in [6.45, 7) is 3.16. The average Bonchev–Trinajstić information content (AvgIpc) is 3.55. The lowest BCUT2D eigenvalue weighted by molar-refractivity contribution is -0.131. The molecule has 0 spiro atoms. The minimum Gasteiger partial charge on any atom is -0.310 e. The molecule has 4 aromatic rings. The molecule has 202 valence electrons. The van der Waals surface area contributed by atoms with E-state index in [2.05, 4.69) is 15.2 Å². The highest BCUT2D eigenvalue weighted by Gasteiger charge is 2.40. The molecule has 0 aliphatic rings. The zero-order valence-electron chi connectivity index (χ0n) is 20.9. The Morgan fingerprint density at radius 1 is 1.08 bits per heavy atom. The molecule has 0 fully saturated rings. The van der Waals surface area contributed by atoms with Crippen LogP contribution < -0.4 is 5.73 Å². The molecule has 3 N–H and O–H groups in total. The minimum atomic E-state index is -4.43. The number of nitrogens with zero attached hydrogens (tertiary/aromatic N) is 3. The van der Waals surface area contributed by atoms with Crippen LogP contribution in [-0.4, -0.2) is 54.1 Å². The number of H-pyrrole nitrogens is 1. The molecule has 0 radical (unpaired) electrons. The van der Waals surface area contributed by atoms with Crippen LogP contribution in [0.5, 0.6) is 0 Å². The topological polar surface area (TPSA) is 156 Å². The number of benzene rings is 2. The summed E-state index contributed by atoms with van der Waals surface area (Å²) in [7, 11) is -8.21. The molecule has 10 nitrogen and oxygen atoms in total. The van der Waals surface area contributed by atoms with Gasteiger partial charge in [0.25, 0.3) is 10.0 Å². The first-order valence-electron chi connectivity index (χ1n) is 11.9. The zero-order chi connectivity index (χ0) is 27.5. The van der Waals surface area contributed by atoms with Gasteiger partial charge in [-0.3, -0.25) is 9.89 Å². The van der Waals surface area contributed by atoms with Crippen LogP contribution in [-0.2, 0) is 36.8 Å². The maximum atomic E-state index is 13.9. The number of hydrogen-bond donors (Lipinski definition) is 2. The van der Waals surface area contributed by atoms with E-state index in [0.29, 0.717) is 26.6 Å². The Balaban J connectivity index is 1.66. The number of carbonyl (C=O) groups is 1. The maximum Gasteiger partial charge on any atom is 0.267 e. The molecule has 0 aliphatic carbocycles. The number of sulfone groups is 1. The fourth-order valence-corrected chi connectivity index (χ4v) is 8.30. The van der Waals surface area contributed by atoms with E-state index in [0.717, 1.165) is 5.56 Å². The largest absolute Gasteiger partial charge is 0.310 e. The second kappa shape index (κ2) is 11.3. The van der Waals surface area contributed by atoms with Gasteiger partial charge in [0.05, 0.1) is 49.9 Å². The van der Waals surface area contributed by atoms with Crippen LogP contribution in [0.4, 0.5) is 0 Å². The molecular weight excluding hydrogens is 547 g/mol. The number of amides is 1. The second-order valence-corrected chi connectivity index (χ2v) is 14.1. The average molecular weight is 576 g/mol. The molecule has 0 saturated carbocycles. The number of hydrogen-bond acceptors (Lipinski definition) is 9. The Morgan fingerprint density at radius 2 is 1.82 bits per heavy atom. The monoisotopic (exact) mass is 575 g/mol. The van der Waals surface area contributed by atoms with Gasteiger partial charge in [-0.1, -0.05) is 44.2 Å². The number of nitrogens with one attached hydrogen (secondary N) is 1. The van der Waals surface area contributed by atoms with Crippen LogP contribution in [0.25, 0.3) is 10.2 Å². The van der Waals surface area contributed by atoms with Crippen LogP contribution >= 0.6 is 11.3 Å². The minimum absolute atomic E-state index is 0.114. The molecule has 38 heavy (non-hydrogen) atoms. The first-order valence-corrected chi connectivity index (χ1v) is 16.0. The van der Waals surface area contributed by atoms with Crippen LogP contribution in [0, 0.1) is 11.8 Å². The van der Waals surface area contributed by atoms with Crippen LogP contribution in [0.3, 0.4) is 0 Å². The van der Waals surface area contributed by atoms with Crippen molar-refractivity contribution in [3.63, 3.8) is 0 Å². The molecule has 4 rings (SSSR count). The van der Waals surface area contributed by atoms with Crippen molar-refractivity contribution in [2.75, 3.05) is 5.75 Å². The number of aromatic amines is 1. The summed E-state index contributed by atoms with van der Waals surface area (Å²) in [5.41, 5.74) is 9.96.